The van der Waals surface area contributed by atoms with E-state index in [9.17, 15) is 9.18 Å². The predicted molar refractivity (Wildman–Crippen MR) is 99.7 cm³/mol. The number of carbonyl (C=O) groups excluding carboxylic acids is 1. The van der Waals surface area contributed by atoms with E-state index in [-0.39, 0.29) is 11.6 Å². The number of benzene rings is 1. The smallest absolute Gasteiger partial charge is 0.295 e. The molecule has 7 nitrogen and oxygen atoms in total. The molecule has 1 amide bonds. The summed E-state index contributed by atoms with van der Waals surface area (Å²) in [6, 6.07) is 9.46. The lowest BCUT2D eigenvalue weighted by atomic mass is 10.3. The minimum atomic E-state index is -0.410. The summed E-state index contributed by atoms with van der Waals surface area (Å²) in [5.41, 5.74) is 1.28. The van der Waals surface area contributed by atoms with Crippen molar-refractivity contribution >= 4 is 17.4 Å². The van der Waals surface area contributed by atoms with E-state index >= 15 is 0 Å². The van der Waals surface area contributed by atoms with Gasteiger partial charge >= 0.3 is 0 Å². The molecule has 1 N–H and O–H groups in total. The summed E-state index contributed by atoms with van der Waals surface area (Å²) < 4.78 is 14.6. The van der Waals surface area contributed by atoms with Gasteiger partial charge in [-0.1, -0.05) is 0 Å². The average Bonchev–Trinajstić information content (AvgIpc) is 3.33. The number of amides is 1. The lowest BCUT2D eigenvalue weighted by Gasteiger charge is -2.19. The normalized spacial score (nSPS) is 13.8. The van der Waals surface area contributed by atoms with Crippen molar-refractivity contribution in [1.82, 2.24) is 19.7 Å². The van der Waals surface area contributed by atoms with Crippen LogP contribution in [-0.4, -0.2) is 38.7 Å². The van der Waals surface area contributed by atoms with E-state index in [0.717, 1.165) is 31.7 Å². The average molecular weight is 366 g/mol. The molecule has 0 unspecified atom stereocenters. The van der Waals surface area contributed by atoms with Crippen LogP contribution in [0.5, 0.6) is 0 Å². The Kier molecular flexibility index (Phi) is 4.53. The van der Waals surface area contributed by atoms with Crippen LogP contribution < -0.4 is 10.2 Å². The summed E-state index contributed by atoms with van der Waals surface area (Å²) in [5.74, 6) is 0.608. The molecule has 1 saturated heterocycles. The molecular formula is C19H19FN6O. The molecule has 3 aromatic rings. The number of halogens is 1. The molecular weight excluding hydrogens is 347 g/mol. The highest BCUT2D eigenvalue weighted by Gasteiger charge is 2.20. The third kappa shape index (κ3) is 3.51. The fraction of sp³-hybridized carbons (Fsp3) is 0.263. The molecule has 27 heavy (non-hydrogen) atoms. The van der Waals surface area contributed by atoms with Gasteiger partial charge in [-0.3, -0.25) is 4.79 Å². The first-order valence-electron chi connectivity index (χ1n) is 8.83. The Bertz CT molecular complexity index is 963. The summed E-state index contributed by atoms with van der Waals surface area (Å²) >= 11 is 0. The molecule has 0 radical (unpaired) electrons. The second-order valence-electron chi connectivity index (χ2n) is 6.39. The standard InChI is InChI=1S/C19H19FN6O/c1-13-22-17(24-26(13)15-8-6-14(20)7-9-15)19(27)23-16-5-4-10-21-18(16)25-11-2-3-12-25/h4-10H,2-3,11-12H2,1H3,(H,23,27). The number of hydrogen-bond acceptors (Lipinski definition) is 5. The quantitative estimate of drug-likeness (QED) is 0.768. The van der Waals surface area contributed by atoms with Crippen LogP contribution in [0.1, 0.15) is 29.3 Å². The molecule has 138 valence electrons. The number of pyridine rings is 1. The number of aromatic nitrogens is 4. The molecule has 1 aliphatic rings. The van der Waals surface area contributed by atoms with Gasteiger partial charge in [-0.15, -0.1) is 5.10 Å². The van der Waals surface area contributed by atoms with Gasteiger partial charge in [-0.2, -0.15) is 0 Å². The number of anilines is 2. The zero-order valence-electron chi connectivity index (χ0n) is 14.9. The van der Waals surface area contributed by atoms with Crippen LogP contribution in [0, 0.1) is 12.7 Å². The van der Waals surface area contributed by atoms with Gasteiger partial charge in [0.05, 0.1) is 11.4 Å². The number of nitrogens with one attached hydrogen (secondary N) is 1. The lowest BCUT2D eigenvalue weighted by Crippen LogP contribution is -2.22. The molecule has 0 aliphatic carbocycles. The molecule has 8 heteroatoms. The Balaban J connectivity index is 1.58. The summed E-state index contributed by atoms with van der Waals surface area (Å²) in [6.07, 6.45) is 3.95. The van der Waals surface area contributed by atoms with E-state index in [0.29, 0.717) is 17.2 Å². The number of nitrogens with zero attached hydrogens (tertiary/aromatic N) is 5. The Hall–Kier alpha value is -3.29. The van der Waals surface area contributed by atoms with Crippen molar-refractivity contribution < 1.29 is 9.18 Å². The maximum atomic E-state index is 13.1. The van der Waals surface area contributed by atoms with Gasteiger partial charge in [0.2, 0.25) is 5.82 Å². The third-order valence-electron chi connectivity index (χ3n) is 4.48. The number of carbonyl (C=O) groups is 1. The van der Waals surface area contributed by atoms with Crippen LogP contribution in [0.3, 0.4) is 0 Å². The molecule has 4 rings (SSSR count). The first kappa shape index (κ1) is 17.1. The van der Waals surface area contributed by atoms with Gasteiger partial charge in [0.15, 0.2) is 5.82 Å². The van der Waals surface area contributed by atoms with E-state index in [2.05, 4.69) is 25.3 Å². The van der Waals surface area contributed by atoms with E-state index in [4.69, 9.17) is 0 Å². The molecule has 3 heterocycles. The van der Waals surface area contributed by atoms with Crippen molar-refractivity contribution in [3.05, 3.63) is 60.1 Å². The van der Waals surface area contributed by atoms with E-state index < -0.39 is 5.91 Å². The summed E-state index contributed by atoms with van der Waals surface area (Å²) in [5, 5.41) is 7.13. The minimum absolute atomic E-state index is 0.0491. The van der Waals surface area contributed by atoms with Crippen molar-refractivity contribution in [2.45, 2.75) is 19.8 Å². The van der Waals surface area contributed by atoms with Gasteiger partial charge < -0.3 is 10.2 Å². The lowest BCUT2D eigenvalue weighted by molar-refractivity contribution is 0.101. The van der Waals surface area contributed by atoms with E-state index in [1.54, 1.807) is 31.3 Å². The predicted octanol–water partition coefficient (Wildman–Crippen LogP) is 2.96. The van der Waals surface area contributed by atoms with Crippen LogP contribution in [0.15, 0.2) is 42.6 Å². The van der Waals surface area contributed by atoms with Crippen molar-refractivity contribution in [3.63, 3.8) is 0 Å². The first-order valence-corrected chi connectivity index (χ1v) is 8.83. The molecule has 0 spiro atoms. The molecule has 1 aromatic carbocycles. The fourth-order valence-electron chi connectivity index (χ4n) is 3.17. The second kappa shape index (κ2) is 7.14. The van der Waals surface area contributed by atoms with Crippen LogP contribution in [-0.2, 0) is 0 Å². The molecule has 0 atom stereocenters. The second-order valence-corrected chi connectivity index (χ2v) is 6.39. The molecule has 1 fully saturated rings. The molecule has 0 saturated carbocycles. The van der Waals surface area contributed by atoms with Gasteiger partial charge in [-0.25, -0.2) is 19.0 Å². The van der Waals surface area contributed by atoms with Crippen LogP contribution in [0.4, 0.5) is 15.9 Å². The molecule has 1 aliphatic heterocycles. The van der Waals surface area contributed by atoms with Crippen molar-refractivity contribution in [3.8, 4) is 5.69 Å². The maximum Gasteiger partial charge on any atom is 0.295 e. The Morgan fingerprint density at radius 3 is 2.63 bits per heavy atom. The maximum absolute atomic E-state index is 13.1. The minimum Gasteiger partial charge on any atom is -0.355 e. The zero-order valence-corrected chi connectivity index (χ0v) is 14.9. The number of aryl methyl sites for hydroxylation is 1. The van der Waals surface area contributed by atoms with Crippen molar-refractivity contribution in [1.29, 1.82) is 0 Å². The molecule has 0 bridgehead atoms. The fourth-order valence-corrected chi connectivity index (χ4v) is 3.17. The van der Waals surface area contributed by atoms with Crippen molar-refractivity contribution in [2.24, 2.45) is 0 Å². The Morgan fingerprint density at radius 2 is 1.89 bits per heavy atom. The SMILES string of the molecule is Cc1nc(C(=O)Nc2cccnc2N2CCCC2)nn1-c1ccc(F)cc1. The van der Waals surface area contributed by atoms with E-state index in [1.807, 2.05) is 6.07 Å². The number of rotatable bonds is 4. The van der Waals surface area contributed by atoms with Gasteiger partial charge in [0, 0.05) is 19.3 Å². The zero-order chi connectivity index (χ0) is 18.8. The first-order chi connectivity index (χ1) is 13.1. The van der Waals surface area contributed by atoms with E-state index in [1.165, 1.54) is 16.8 Å². The third-order valence-corrected chi connectivity index (χ3v) is 4.48. The van der Waals surface area contributed by atoms with Crippen LogP contribution in [0.25, 0.3) is 5.69 Å². The Morgan fingerprint density at radius 1 is 1.15 bits per heavy atom. The van der Waals surface area contributed by atoms with Crippen LogP contribution in [0.2, 0.25) is 0 Å². The largest absolute Gasteiger partial charge is 0.355 e. The topological polar surface area (TPSA) is 75.9 Å². The van der Waals surface area contributed by atoms with Gasteiger partial charge in [0.1, 0.15) is 11.6 Å². The van der Waals surface area contributed by atoms with Crippen molar-refractivity contribution in [2.75, 3.05) is 23.3 Å². The van der Waals surface area contributed by atoms with Gasteiger partial charge in [-0.05, 0) is 56.2 Å². The highest BCUT2D eigenvalue weighted by atomic mass is 19.1. The van der Waals surface area contributed by atoms with Crippen LogP contribution >= 0.6 is 0 Å². The highest BCUT2D eigenvalue weighted by molar-refractivity contribution is 6.03. The van der Waals surface area contributed by atoms with Gasteiger partial charge in [0.25, 0.3) is 5.91 Å². The summed E-state index contributed by atoms with van der Waals surface area (Å²) in [6.45, 7) is 3.60. The summed E-state index contributed by atoms with van der Waals surface area (Å²) in [7, 11) is 0. The molecule has 2 aromatic heterocycles. The summed E-state index contributed by atoms with van der Waals surface area (Å²) in [4.78, 5) is 23.5. The monoisotopic (exact) mass is 366 g/mol. The Labute approximate surface area is 155 Å². The number of hydrogen-bond donors (Lipinski definition) is 1. The highest BCUT2D eigenvalue weighted by Crippen LogP contribution is 2.26.